The van der Waals surface area contributed by atoms with Crippen LogP contribution in [0.1, 0.15) is 5.56 Å². The van der Waals surface area contributed by atoms with E-state index >= 15 is 0 Å². The summed E-state index contributed by atoms with van der Waals surface area (Å²) >= 11 is 0. The number of hydrogen-bond donors (Lipinski definition) is 1. The van der Waals surface area contributed by atoms with Crippen molar-refractivity contribution in [3.05, 3.63) is 23.8 Å². The van der Waals surface area contributed by atoms with Crippen LogP contribution in [0.2, 0.25) is 0 Å². The van der Waals surface area contributed by atoms with Gasteiger partial charge >= 0.3 is 12.3 Å². The van der Waals surface area contributed by atoms with Crippen molar-refractivity contribution >= 4 is 18.4 Å². The fourth-order valence-electron chi connectivity index (χ4n) is 1.66. The highest BCUT2D eigenvalue weighted by Gasteiger charge is 2.44. The zero-order valence-electron chi connectivity index (χ0n) is 9.89. The molecule has 1 aliphatic heterocycles. The summed E-state index contributed by atoms with van der Waals surface area (Å²) in [5.74, 6) is -0.797. The van der Waals surface area contributed by atoms with E-state index < -0.39 is 18.3 Å². The summed E-state index contributed by atoms with van der Waals surface area (Å²) in [5.41, 5.74) is 5.93. The molecule has 1 aromatic rings. The molecule has 0 unspecified atom stereocenters. The Bertz CT molecular complexity index is 484. The number of halogens is 3. The number of alkyl halides is 2. The van der Waals surface area contributed by atoms with Crippen molar-refractivity contribution in [1.29, 1.82) is 0 Å². The number of benzene rings is 1. The third kappa shape index (κ3) is 3.24. The molecule has 0 radical (unpaired) electrons. The number of nitrogens with two attached hydrogens (primary N) is 1. The molecule has 0 amide bonds. The van der Waals surface area contributed by atoms with E-state index in [0.717, 1.165) is 0 Å². The number of para-hydroxylation sites is 1. The van der Waals surface area contributed by atoms with E-state index in [1.54, 1.807) is 0 Å². The maximum atomic E-state index is 12.9. The molecule has 19 heavy (non-hydrogen) atoms. The number of methoxy groups -OCH3 is 1. The predicted molar refractivity (Wildman–Crippen MR) is 63.6 cm³/mol. The topological polar surface area (TPSA) is 70.8 Å². The highest BCUT2D eigenvalue weighted by molar-refractivity contribution is 5.85. The molecule has 2 N–H and O–H groups in total. The van der Waals surface area contributed by atoms with Crippen molar-refractivity contribution < 1.29 is 27.8 Å². The van der Waals surface area contributed by atoms with Gasteiger partial charge in [0.1, 0.15) is 6.04 Å². The van der Waals surface area contributed by atoms with Gasteiger partial charge in [0.25, 0.3) is 0 Å². The van der Waals surface area contributed by atoms with Crippen LogP contribution in [0.3, 0.4) is 0 Å². The molecule has 2 rings (SSSR count). The average Bonchev–Trinajstić information content (AvgIpc) is 2.63. The van der Waals surface area contributed by atoms with E-state index in [4.69, 9.17) is 5.73 Å². The van der Waals surface area contributed by atoms with Gasteiger partial charge in [-0.25, -0.2) is 0 Å². The Balaban J connectivity index is 0.00000180. The lowest BCUT2D eigenvalue weighted by molar-refractivity contribution is -0.286. The summed E-state index contributed by atoms with van der Waals surface area (Å²) in [6.07, 6.45) is -3.66. The van der Waals surface area contributed by atoms with E-state index in [0.29, 0.717) is 5.56 Å². The second kappa shape index (κ2) is 5.58. The highest BCUT2D eigenvalue weighted by atomic mass is 35.5. The Kier molecular flexibility index (Phi) is 4.54. The van der Waals surface area contributed by atoms with Crippen LogP contribution in [0.15, 0.2) is 18.2 Å². The fourth-order valence-corrected chi connectivity index (χ4v) is 1.66. The number of rotatable bonds is 3. The van der Waals surface area contributed by atoms with Crippen LogP contribution in [0.4, 0.5) is 8.78 Å². The molecule has 0 bridgehead atoms. The summed E-state index contributed by atoms with van der Waals surface area (Å²) in [7, 11) is 1.20. The van der Waals surface area contributed by atoms with Crippen LogP contribution < -0.4 is 15.2 Å². The van der Waals surface area contributed by atoms with Crippen LogP contribution in [-0.2, 0) is 16.0 Å². The van der Waals surface area contributed by atoms with Gasteiger partial charge in [-0.2, -0.15) is 0 Å². The average molecular weight is 296 g/mol. The minimum Gasteiger partial charge on any atom is -0.468 e. The standard InChI is InChI=1S/C11H11F2NO4.ClH/c1-16-10(15)7(14)5-6-3-2-4-8-9(6)18-11(12,13)17-8;/h2-4,7H,5,14H2,1H3;1H/t7-;/m1./s1. The first-order valence-electron chi connectivity index (χ1n) is 5.14. The van der Waals surface area contributed by atoms with Gasteiger partial charge in [-0.15, -0.1) is 21.2 Å². The molecular formula is C11H12ClF2NO4. The third-order valence-electron chi connectivity index (χ3n) is 2.45. The minimum absolute atomic E-state index is 0. The smallest absolute Gasteiger partial charge is 0.468 e. The van der Waals surface area contributed by atoms with Gasteiger partial charge in [-0.3, -0.25) is 4.79 Å². The van der Waals surface area contributed by atoms with E-state index in [1.807, 2.05) is 0 Å². The molecule has 0 saturated carbocycles. The van der Waals surface area contributed by atoms with Gasteiger partial charge in [0.15, 0.2) is 11.5 Å². The lowest BCUT2D eigenvalue weighted by Crippen LogP contribution is -2.33. The minimum atomic E-state index is -3.69. The number of hydrogen-bond acceptors (Lipinski definition) is 5. The Morgan fingerprint density at radius 2 is 2.16 bits per heavy atom. The van der Waals surface area contributed by atoms with Gasteiger partial charge in [0.2, 0.25) is 0 Å². The number of carbonyl (C=O) groups excluding carboxylic acids is 1. The van der Waals surface area contributed by atoms with Crippen LogP contribution in [0.5, 0.6) is 11.5 Å². The molecule has 0 aliphatic carbocycles. The third-order valence-corrected chi connectivity index (χ3v) is 2.45. The number of esters is 1. The molecule has 1 aromatic carbocycles. The summed E-state index contributed by atoms with van der Waals surface area (Å²) in [4.78, 5) is 11.2. The van der Waals surface area contributed by atoms with Gasteiger partial charge in [0, 0.05) is 12.0 Å². The monoisotopic (exact) mass is 295 g/mol. The number of carbonyl (C=O) groups is 1. The zero-order valence-corrected chi connectivity index (χ0v) is 10.7. The van der Waals surface area contributed by atoms with Gasteiger partial charge in [0.05, 0.1) is 7.11 Å². The van der Waals surface area contributed by atoms with Crippen LogP contribution >= 0.6 is 12.4 Å². The molecule has 1 atom stereocenters. The first kappa shape index (κ1) is 15.5. The second-order valence-electron chi connectivity index (χ2n) is 3.75. The van der Waals surface area contributed by atoms with Crippen LogP contribution in [0, 0.1) is 0 Å². The first-order valence-corrected chi connectivity index (χ1v) is 5.14. The molecule has 1 heterocycles. The van der Waals surface area contributed by atoms with E-state index in [1.165, 1.54) is 25.3 Å². The van der Waals surface area contributed by atoms with Crippen molar-refractivity contribution in [1.82, 2.24) is 0 Å². The van der Waals surface area contributed by atoms with Crippen molar-refractivity contribution in [3.8, 4) is 11.5 Å². The van der Waals surface area contributed by atoms with Gasteiger partial charge in [-0.05, 0) is 6.07 Å². The normalized spacial score (nSPS) is 16.4. The molecule has 0 fully saturated rings. The maximum Gasteiger partial charge on any atom is 0.586 e. The van der Waals surface area contributed by atoms with Gasteiger partial charge < -0.3 is 19.9 Å². The maximum absolute atomic E-state index is 12.9. The van der Waals surface area contributed by atoms with E-state index in [9.17, 15) is 13.6 Å². The predicted octanol–water partition coefficient (Wildman–Crippen LogP) is 1.47. The van der Waals surface area contributed by atoms with Crippen LogP contribution in [0.25, 0.3) is 0 Å². The number of fused-ring (bicyclic) bond motifs is 1. The van der Waals surface area contributed by atoms with Crippen molar-refractivity contribution in [2.24, 2.45) is 5.73 Å². The lowest BCUT2D eigenvalue weighted by atomic mass is 10.1. The summed E-state index contributed by atoms with van der Waals surface area (Å²) in [6.45, 7) is 0. The molecule has 1 aliphatic rings. The molecular weight excluding hydrogens is 284 g/mol. The van der Waals surface area contributed by atoms with Crippen LogP contribution in [-0.4, -0.2) is 25.4 Å². The van der Waals surface area contributed by atoms with E-state index in [2.05, 4.69) is 14.2 Å². The Morgan fingerprint density at radius 3 is 2.79 bits per heavy atom. The highest BCUT2D eigenvalue weighted by Crippen LogP contribution is 2.43. The van der Waals surface area contributed by atoms with Crippen molar-refractivity contribution in [2.45, 2.75) is 18.8 Å². The fraction of sp³-hybridized carbons (Fsp3) is 0.364. The lowest BCUT2D eigenvalue weighted by Gasteiger charge is -2.11. The molecule has 0 saturated heterocycles. The molecule has 8 heteroatoms. The quantitative estimate of drug-likeness (QED) is 0.855. The molecule has 106 valence electrons. The number of ether oxygens (including phenoxy) is 3. The Labute approximate surface area is 114 Å². The summed E-state index contributed by atoms with van der Waals surface area (Å²) in [6, 6.07) is 3.46. The second-order valence-corrected chi connectivity index (χ2v) is 3.75. The summed E-state index contributed by atoms with van der Waals surface area (Å²) in [5, 5.41) is 0. The first-order chi connectivity index (χ1) is 8.43. The molecule has 0 aromatic heterocycles. The zero-order chi connectivity index (χ0) is 13.3. The Morgan fingerprint density at radius 1 is 1.47 bits per heavy atom. The van der Waals surface area contributed by atoms with E-state index in [-0.39, 0.29) is 30.3 Å². The largest absolute Gasteiger partial charge is 0.586 e. The van der Waals surface area contributed by atoms with Crippen molar-refractivity contribution in [2.75, 3.05) is 7.11 Å². The Hall–Kier alpha value is -1.60. The van der Waals surface area contributed by atoms with Crippen molar-refractivity contribution in [3.63, 3.8) is 0 Å². The molecule has 0 spiro atoms. The molecule has 5 nitrogen and oxygen atoms in total. The SMILES string of the molecule is COC(=O)[C@H](N)Cc1cccc2c1OC(F)(F)O2.Cl. The van der Waals surface area contributed by atoms with Gasteiger partial charge in [-0.1, -0.05) is 12.1 Å². The summed E-state index contributed by atoms with van der Waals surface area (Å²) < 4.78 is 39.0.